The van der Waals surface area contributed by atoms with Crippen LogP contribution in [-0.2, 0) is 11.8 Å². The maximum absolute atomic E-state index is 12.4. The molecule has 138 valence electrons. The number of para-hydroxylation sites is 1. The molecule has 1 aromatic heterocycles. The van der Waals surface area contributed by atoms with Gasteiger partial charge in [0.15, 0.2) is 0 Å². The molecule has 0 radical (unpaired) electrons. The van der Waals surface area contributed by atoms with Crippen LogP contribution in [-0.4, -0.2) is 59.0 Å². The number of amides is 2. The van der Waals surface area contributed by atoms with Gasteiger partial charge in [0.2, 0.25) is 5.91 Å². The maximum atomic E-state index is 12.4. The van der Waals surface area contributed by atoms with Crippen molar-refractivity contribution in [3.63, 3.8) is 0 Å². The lowest BCUT2D eigenvalue weighted by atomic mass is 10.2. The Bertz CT molecular complexity index is 734. The maximum Gasteiger partial charge on any atom is 0.255 e. The van der Waals surface area contributed by atoms with Gasteiger partial charge in [-0.2, -0.15) is 0 Å². The molecule has 0 unspecified atom stereocenters. The van der Waals surface area contributed by atoms with Crippen molar-refractivity contribution < 1.29 is 14.3 Å². The zero-order valence-electron chi connectivity index (χ0n) is 15.1. The second-order valence-corrected chi connectivity index (χ2v) is 6.50. The first kappa shape index (κ1) is 18.0. The molecule has 1 saturated heterocycles. The number of ether oxygens (including phenoxy) is 1. The Morgan fingerprint density at radius 3 is 2.35 bits per heavy atom. The molecule has 6 heteroatoms. The monoisotopic (exact) mass is 355 g/mol. The van der Waals surface area contributed by atoms with Crippen molar-refractivity contribution in [3.8, 4) is 5.75 Å². The van der Waals surface area contributed by atoms with Crippen LogP contribution in [0.5, 0.6) is 5.75 Å². The van der Waals surface area contributed by atoms with Gasteiger partial charge in [0.05, 0.1) is 12.2 Å². The van der Waals surface area contributed by atoms with E-state index in [2.05, 4.69) is 0 Å². The number of nitrogens with zero attached hydrogens (tertiary/aromatic N) is 3. The largest absolute Gasteiger partial charge is 0.494 e. The molecule has 1 aromatic carbocycles. The van der Waals surface area contributed by atoms with Crippen molar-refractivity contribution in [3.05, 3.63) is 54.4 Å². The summed E-state index contributed by atoms with van der Waals surface area (Å²) in [6.45, 7) is 2.88. The van der Waals surface area contributed by atoms with Crippen LogP contribution in [0.3, 0.4) is 0 Å². The van der Waals surface area contributed by atoms with Gasteiger partial charge >= 0.3 is 0 Å². The molecule has 1 aliphatic heterocycles. The van der Waals surface area contributed by atoms with E-state index < -0.39 is 0 Å². The van der Waals surface area contributed by atoms with Gasteiger partial charge < -0.3 is 19.1 Å². The van der Waals surface area contributed by atoms with Gasteiger partial charge in [0.1, 0.15) is 5.75 Å². The number of aryl methyl sites for hydroxylation is 1. The molecule has 0 atom stereocenters. The Kier molecular flexibility index (Phi) is 5.94. The van der Waals surface area contributed by atoms with E-state index in [-0.39, 0.29) is 11.8 Å². The number of rotatable bonds is 6. The number of aromatic nitrogens is 1. The Balaban J connectivity index is 1.37. The molecule has 3 rings (SSSR count). The van der Waals surface area contributed by atoms with Crippen LogP contribution in [0.1, 0.15) is 23.2 Å². The third-order valence-corrected chi connectivity index (χ3v) is 4.55. The molecule has 2 aromatic rings. The average Bonchev–Trinajstić information content (AvgIpc) is 3.12. The second kappa shape index (κ2) is 8.56. The minimum absolute atomic E-state index is 0.0361. The van der Waals surface area contributed by atoms with E-state index in [9.17, 15) is 9.59 Å². The fourth-order valence-corrected chi connectivity index (χ4v) is 3.06. The zero-order valence-corrected chi connectivity index (χ0v) is 15.1. The van der Waals surface area contributed by atoms with Crippen molar-refractivity contribution in [2.45, 2.75) is 12.8 Å². The van der Waals surface area contributed by atoms with Crippen LogP contribution in [0.4, 0.5) is 0 Å². The highest BCUT2D eigenvalue weighted by Crippen LogP contribution is 2.12. The van der Waals surface area contributed by atoms with Crippen molar-refractivity contribution in [2.75, 3.05) is 32.8 Å². The minimum atomic E-state index is 0.0361. The lowest BCUT2D eigenvalue weighted by Gasteiger charge is -2.34. The molecular weight excluding hydrogens is 330 g/mol. The summed E-state index contributed by atoms with van der Waals surface area (Å²) in [5.41, 5.74) is 0.699. The summed E-state index contributed by atoms with van der Waals surface area (Å²) in [6.07, 6.45) is 4.85. The van der Waals surface area contributed by atoms with Gasteiger partial charge in [-0.25, -0.2) is 0 Å². The summed E-state index contributed by atoms with van der Waals surface area (Å²) in [5, 5.41) is 0. The van der Waals surface area contributed by atoms with E-state index in [1.165, 1.54) is 0 Å². The van der Waals surface area contributed by atoms with Crippen LogP contribution in [0, 0.1) is 0 Å². The predicted molar refractivity (Wildman–Crippen MR) is 99.1 cm³/mol. The van der Waals surface area contributed by atoms with E-state index in [0.717, 1.165) is 5.75 Å². The van der Waals surface area contributed by atoms with E-state index >= 15 is 0 Å². The first-order valence-corrected chi connectivity index (χ1v) is 9.00. The Labute approximate surface area is 154 Å². The molecule has 0 saturated carbocycles. The van der Waals surface area contributed by atoms with E-state index in [1.807, 2.05) is 70.2 Å². The standard InChI is InChI=1S/C20H25N3O3/c1-21-10-9-17(16-21)20(25)23-13-11-22(12-14-23)19(24)8-5-15-26-18-6-3-2-4-7-18/h2-4,6-7,9-10,16H,5,8,11-15H2,1H3. The van der Waals surface area contributed by atoms with Crippen LogP contribution in [0.2, 0.25) is 0 Å². The highest BCUT2D eigenvalue weighted by Gasteiger charge is 2.24. The van der Waals surface area contributed by atoms with Gasteiger partial charge in [-0.05, 0) is 24.6 Å². The van der Waals surface area contributed by atoms with Gasteiger partial charge in [-0.3, -0.25) is 9.59 Å². The van der Waals surface area contributed by atoms with Gasteiger partial charge in [0.25, 0.3) is 5.91 Å². The van der Waals surface area contributed by atoms with Crippen molar-refractivity contribution in [1.82, 2.24) is 14.4 Å². The molecule has 0 bridgehead atoms. The number of piperazine rings is 1. The van der Waals surface area contributed by atoms with Crippen LogP contribution >= 0.6 is 0 Å². The summed E-state index contributed by atoms with van der Waals surface area (Å²) in [4.78, 5) is 28.4. The molecule has 2 amide bonds. The molecule has 6 nitrogen and oxygen atoms in total. The fraction of sp³-hybridized carbons (Fsp3) is 0.400. The van der Waals surface area contributed by atoms with E-state index in [0.29, 0.717) is 51.2 Å². The third-order valence-electron chi connectivity index (χ3n) is 4.55. The van der Waals surface area contributed by atoms with E-state index in [1.54, 1.807) is 0 Å². The highest BCUT2D eigenvalue weighted by molar-refractivity contribution is 5.94. The Morgan fingerprint density at radius 1 is 1.00 bits per heavy atom. The first-order chi connectivity index (χ1) is 12.6. The van der Waals surface area contributed by atoms with Gasteiger partial charge in [-0.15, -0.1) is 0 Å². The molecule has 0 N–H and O–H groups in total. The van der Waals surface area contributed by atoms with E-state index in [4.69, 9.17) is 4.74 Å². The smallest absolute Gasteiger partial charge is 0.255 e. The molecule has 1 fully saturated rings. The topological polar surface area (TPSA) is 54.8 Å². The molecule has 2 heterocycles. The summed E-state index contributed by atoms with van der Waals surface area (Å²) in [7, 11) is 1.90. The highest BCUT2D eigenvalue weighted by atomic mass is 16.5. The average molecular weight is 355 g/mol. The number of carbonyl (C=O) groups is 2. The van der Waals surface area contributed by atoms with Crippen molar-refractivity contribution >= 4 is 11.8 Å². The lowest BCUT2D eigenvalue weighted by molar-refractivity contribution is -0.132. The number of benzene rings is 1. The predicted octanol–water partition coefficient (Wildman–Crippen LogP) is 2.17. The summed E-state index contributed by atoms with van der Waals surface area (Å²) in [6, 6.07) is 11.4. The molecule has 0 aliphatic carbocycles. The Hall–Kier alpha value is -2.76. The lowest BCUT2D eigenvalue weighted by Crippen LogP contribution is -2.50. The number of hydrogen-bond donors (Lipinski definition) is 0. The van der Waals surface area contributed by atoms with Crippen molar-refractivity contribution in [1.29, 1.82) is 0 Å². The number of carbonyl (C=O) groups excluding carboxylic acids is 2. The minimum Gasteiger partial charge on any atom is -0.494 e. The van der Waals surface area contributed by atoms with Gasteiger partial charge in [0, 0.05) is 52.0 Å². The summed E-state index contributed by atoms with van der Waals surface area (Å²) >= 11 is 0. The van der Waals surface area contributed by atoms with Crippen molar-refractivity contribution in [2.24, 2.45) is 7.05 Å². The molecule has 0 spiro atoms. The normalized spacial score (nSPS) is 14.3. The van der Waals surface area contributed by atoms with Crippen LogP contribution in [0.15, 0.2) is 48.8 Å². The van der Waals surface area contributed by atoms with Crippen LogP contribution < -0.4 is 4.74 Å². The summed E-state index contributed by atoms with van der Waals surface area (Å²) in [5.74, 6) is 0.996. The molecule has 1 aliphatic rings. The SMILES string of the molecule is Cn1ccc(C(=O)N2CCN(C(=O)CCCOc3ccccc3)CC2)c1. The van der Waals surface area contributed by atoms with Gasteiger partial charge in [-0.1, -0.05) is 18.2 Å². The molecular formula is C20H25N3O3. The Morgan fingerprint density at radius 2 is 1.69 bits per heavy atom. The zero-order chi connectivity index (χ0) is 18.4. The second-order valence-electron chi connectivity index (χ2n) is 6.50. The number of hydrogen-bond acceptors (Lipinski definition) is 3. The first-order valence-electron chi connectivity index (χ1n) is 9.00. The quantitative estimate of drug-likeness (QED) is 0.746. The van der Waals surface area contributed by atoms with Crippen LogP contribution in [0.25, 0.3) is 0 Å². The molecule has 26 heavy (non-hydrogen) atoms. The fourth-order valence-electron chi connectivity index (χ4n) is 3.06. The third kappa shape index (κ3) is 4.65. The summed E-state index contributed by atoms with van der Waals surface area (Å²) < 4.78 is 7.48.